The molecule has 0 bridgehead atoms. The van der Waals surface area contributed by atoms with Crippen molar-refractivity contribution in [3.8, 4) is 0 Å². The Balaban J connectivity index is 1.98. The molecule has 32 heavy (non-hydrogen) atoms. The van der Waals surface area contributed by atoms with E-state index in [0.29, 0.717) is 37.2 Å². The maximum Gasteiger partial charge on any atom is 0.416 e. The Morgan fingerprint density at radius 2 is 1.69 bits per heavy atom. The van der Waals surface area contributed by atoms with Gasteiger partial charge in [-0.1, -0.05) is 6.92 Å². The predicted octanol–water partition coefficient (Wildman–Crippen LogP) is 4.91. The van der Waals surface area contributed by atoms with Gasteiger partial charge in [0.05, 0.1) is 16.7 Å². The lowest BCUT2D eigenvalue weighted by atomic mass is 10.0. The van der Waals surface area contributed by atoms with Gasteiger partial charge < -0.3 is 11.1 Å². The average Bonchev–Trinajstić information content (AvgIpc) is 3.03. The Labute approximate surface area is 183 Å². The summed E-state index contributed by atoms with van der Waals surface area (Å²) >= 11 is 1.04. The van der Waals surface area contributed by atoms with Gasteiger partial charge in [-0.25, -0.2) is 0 Å². The second kappa shape index (κ2) is 8.74. The van der Waals surface area contributed by atoms with Gasteiger partial charge in [-0.05, 0) is 43.1 Å². The number of nitrogens with one attached hydrogen (secondary N) is 1. The molecule has 0 spiro atoms. The first-order valence-corrected chi connectivity index (χ1v) is 10.4. The molecule has 3 N–H and O–H groups in total. The Hall–Kier alpha value is -2.60. The number of hydrogen-bond acceptors (Lipinski definition) is 4. The van der Waals surface area contributed by atoms with Gasteiger partial charge >= 0.3 is 12.4 Å². The zero-order valence-corrected chi connectivity index (χ0v) is 17.6. The highest BCUT2D eigenvalue weighted by Gasteiger charge is 2.38. The number of thiophene rings is 1. The fourth-order valence-electron chi connectivity index (χ4n) is 3.57. The van der Waals surface area contributed by atoms with Crippen LogP contribution < -0.4 is 11.1 Å². The van der Waals surface area contributed by atoms with Crippen LogP contribution in [-0.2, 0) is 25.3 Å². The molecule has 0 radical (unpaired) electrons. The van der Waals surface area contributed by atoms with E-state index in [2.05, 4.69) is 10.2 Å². The third-order valence-electron chi connectivity index (χ3n) is 5.00. The molecule has 12 heteroatoms. The summed E-state index contributed by atoms with van der Waals surface area (Å²) in [7, 11) is 0. The zero-order valence-electron chi connectivity index (χ0n) is 16.8. The molecular formula is C20H19F6N3O2S. The van der Waals surface area contributed by atoms with E-state index in [9.17, 15) is 35.9 Å². The summed E-state index contributed by atoms with van der Waals surface area (Å²) in [6.07, 6.45) is -8.77. The highest BCUT2D eigenvalue weighted by molar-refractivity contribution is 7.17. The van der Waals surface area contributed by atoms with Crippen molar-refractivity contribution in [1.82, 2.24) is 4.90 Å². The number of carbonyl (C=O) groups excluding carboxylic acids is 2. The molecule has 2 aromatic rings. The summed E-state index contributed by atoms with van der Waals surface area (Å²) in [6.45, 7) is 3.99. The number of rotatable bonds is 5. The number of carbonyl (C=O) groups is 2. The molecule has 0 aliphatic carbocycles. The Kier molecular flexibility index (Phi) is 6.57. The summed E-state index contributed by atoms with van der Waals surface area (Å²) in [5.74, 6) is -2.03. The molecule has 2 amide bonds. The number of amides is 2. The first-order chi connectivity index (χ1) is 14.8. The van der Waals surface area contributed by atoms with Crippen molar-refractivity contribution in [2.75, 3.05) is 18.4 Å². The molecule has 1 aliphatic heterocycles. The molecule has 1 aromatic carbocycles. The zero-order chi connectivity index (χ0) is 23.8. The standard InChI is InChI=1S/C20H19F6N3O2S/c1-2-4-29-5-3-13-14(9-29)32-18(15(13)16(27)30)28-17(31)10-6-11(19(21,22)23)8-12(7-10)20(24,25)26/h6-8H,2-5,9H2,1H3,(H2,27,30)(H,28,31). The second-order valence-corrected chi connectivity index (χ2v) is 8.45. The fraction of sp³-hybridized carbons (Fsp3) is 0.400. The molecule has 0 saturated carbocycles. The van der Waals surface area contributed by atoms with Crippen molar-refractivity contribution in [3.63, 3.8) is 0 Å². The van der Waals surface area contributed by atoms with Crippen molar-refractivity contribution in [1.29, 1.82) is 0 Å². The average molecular weight is 479 g/mol. The van der Waals surface area contributed by atoms with Gasteiger partial charge in [-0.2, -0.15) is 26.3 Å². The Bertz CT molecular complexity index is 1010. The lowest BCUT2D eigenvalue weighted by Gasteiger charge is -2.26. The van der Waals surface area contributed by atoms with Crippen LogP contribution in [0.25, 0.3) is 0 Å². The van der Waals surface area contributed by atoms with E-state index in [4.69, 9.17) is 5.73 Å². The fourth-order valence-corrected chi connectivity index (χ4v) is 4.86. The van der Waals surface area contributed by atoms with E-state index in [0.717, 1.165) is 29.2 Å². The summed E-state index contributed by atoms with van der Waals surface area (Å²) in [5, 5.41) is 2.31. The van der Waals surface area contributed by atoms with Crippen LogP contribution in [0.1, 0.15) is 55.6 Å². The number of nitrogens with zero attached hydrogens (tertiary/aromatic N) is 1. The molecule has 5 nitrogen and oxygen atoms in total. The lowest BCUT2D eigenvalue weighted by molar-refractivity contribution is -0.143. The van der Waals surface area contributed by atoms with Gasteiger partial charge in [0.25, 0.3) is 11.8 Å². The maximum atomic E-state index is 13.1. The Morgan fingerprint density at radius 1 is 1.09 bits per heavy atom. The number of halogens is 6. The second-order valence-electron chi connectivity index (χ2n) is 7.35. The number of nitrogens with two attached hydrogens (primary N) is 1. The normalized spacial score (nSPS) is 14.8. The first kappa shape index (κ1) is 24.1. The van der Waals surface area contributed by atoms with E-state index < -0.39 is 40.9 Å². The van der Waals surface area contributed by atoms with Gasteiger partial charge in [0.15, 0.2) is 0 Å². The molecule has 0 fully saturated rings. The van der Waals surface area contributed by atoms with E-state index in [1.807, 2.05) is 6.92 Å². The van der Waals surface area contributed by atoms with Crippen molar-refractivity contribution in [3.05, 3.63) is 50.9 Å². The minimum absolute atomic E-state index is 0.0109. The molecule has 3 rings (SSSR count). The number of alkyl halides is 6. The van der Waals surface area contributed by atoms with Crippen LogP contribution in [0, 0.1) is 0 Å². The van der Waals surface area contributed by atoms with Crippen LogP contribution in [0.4, 0.5) is 31.3 Å². The molecule has 0 atom stereocenters. The van der Waals surface area contributed by atoms with Gasteiger partial charge in [-0.3, -0.25) is 14.5 Å². The van der Waals surface area contributed by atoms with Crippen LogP contribution in [0.3, 0.4) is 0 Å². The van der Waals surface area contributed by atoms with Crippen molar-refractivity contribution in [2.24, 2.45) is 5.73 Å². The smallest absolute Gasteiger partial charge is 0.365 e. The SMILES string of the molecule is CCCN1CCc2c(sc(NC(=O)c3cc(C(F)(F)F)cc(C(F)(F)F)c3)c2C(N)=O)C1. The quantitative estimate of drug-likeness (QED) is 0.599. The van der Waals surface area contributed by atoms with Gasteiger partial charge in [0.2, 0.25) is 0 Å². The molecule has 0 saturated heterocycles. The van der Waals surface area contributed by atoms with Crippen molar-refractivity contribution in [2.45, 2.75) is 38.7 Å². The highest BCUT2D eigenvalue weighted by Crippen LogP contribution is 2.39. The summed E-state index contributed by atoms with van der Waals surface area (Å²) in [4.78, 5) is 27.6. The highest BCUT2D eigenvalue weighted by atomic mass is 32.1. The molecule has 174 valence electrons. The third-order valence-corrected chi connectivity index (χ3v) is 6.13. The first-order valence-electron chi connectivity index (χ1n) is 9.58. The number of fused-ring (bicyclic) bond motifs is 1. The number of anilines is 1. The predicted molar refractivity (Wildman–Crippen MR) is 107 cm³/mol. The number of primary amides is 1. The monoisotopic (exact) mass is 479 g/mol. The van der Waals surface area contributed by atoms with E-state index in [1.165, 1.54) is 0 Å². The number of hydrogen-bond donors (Lipinski definition) is 2. The number of benzene rings is 1. The summed E-state index contributed by atoms with van der Waals surface area (Å²) < 4.78 is 78.5. The van der Waals surface area contributed by atoms with Gasteiger partial charge in [0, 0.05) is 23.5 Å². The summed E-state index contributed by atoms with van der Waals surface area (Å²) in [5.41, 5.74) is 2.10. The van der Waals surface area contributed by atoms with Gasteiger partial charge in [-0.15, -0.1) is 11.3 Å². The summed E-state index contributed by atoms with van der Waals surface area (Å²) in [6, 6.07) is 0.619. The maximum absolute atomic E-state index is 13.1. The Morgan fingerprint density at radius 3 is 2.19 bits per heavy atom. The van der Waals surface area contributed by atoms with Crippen LogP contribution in [0.15, 0.2) is 18.2 Å². The van der Waals surface area contributed by atoms with Crippen LogP contribution in [-0.4, -0.2) is 29.8 Å². The van der Waals surface area contributed by atoms with E-state index >= 15 is 0 Å². The molecular weight excluding hydrogens is 460 g/mol. The molecule has 1 aromatic heterocycles. The lowest BCUT2D eigenvalue weighted by Crippen LogP contribution is -2.31. The van der Waals surface area contributed by atoms with E-state index in [-0.39, 0.29) is 16.6 Å². The van der Waals surface area contributed by atoms with Crippen LogP contribution in [0.2, 0.25) is 0 Å². The largest absolute Gasteiger partial charge is 0.416 e. The van der Waals surface area contributed by atoms with Crippen molar-refractivity contribution < 1.29 is 35.9 Å². The minimum atomic E-state index is -5.08. The third kappa shape index (κ3) is 5.07. The van der Waals surface area contributed by atoms with Crippen molar-refractivity contribution >= 4 is 28.2 Å². The molecule has 0 unspecified atom stereocenters. The minimum Gasteiger partial charge on any atom is -0.365 e. The molecule has 2 heterocycles. The van der Waals surface area contributed by atoms with Crippen LogP contribution >= 0.6 is 11.3 Å². The van der Waals surface area contributed by atoms with E-state index in [1.54, 1.807) is 0 Å². The van der Waals surface area contributed by atoms with Gasteiger partial charge in [0.1, 0.15) is 5.00 Å². The molecule has 1 aliphatic rings. The van der Waals surface area contributed by atoms with Crippen LogP contribution in [0.5, 0.6) is 0 Å². The topological polar surface area (TPSA) is 75.4 Å².